The smallest absolute Gasteiger partial charge is 0.407 e. The van der Waals surface area contributed by atoms with Crippen molar-refractivity contribution in [3.05, 3.63) is 274 Å². The van der Waals surface area contributed by atoms with E-state index in [0.717, 1.165) is 55.6 Å². The van der Waals surface area contributed by atoms with Crippen molar-refractivity contribution in [3.8, 4) is 11.1 Å². The number of amides is 2. The van der Waals surface area contributed by atoms with Gasteiger partial charge in [0.15, 0.2) is 0 Å². The summed E-state index contributed by atoms with van der Waals surface area (Å²) in [6, 6.07) is 75.9. The topological polar surface area (TPSA) is 67.9 Å². The Labute approximate surface area is 453 Å². The van der Waals surface area contributed by atoms with E-state index in [4.69, 9.17) is 9.47 Å². The Morgan fingerprint density at radius 2 is 0.853 bits per heavy atom. The molecule has 0 aromatic heterocycles. The van der Waals surface area contributed by atoms with Crippen molar-refractivity contribution < 1.29 is 19.1 Å². The second kappa shape index (κ2) is 23.8. The SMILES string of the molecule is Cc1ccc(C(SCCN(CCSC(c2ccccc2)(c2ccccc2)c2ccc(C)cc2)C(=O)[C@@H](NC(=O)OCC2c3ccccc3-c3ccccc32)[C@@H](C)OC(C)(C)C)(c2ccccc2)c2ccccc2)cc1. The number of carbonyl (C=O) groups excluding carboxylic acids is 2. The minimum Gasteiger partial charge on any atom is -0.449 e. The molecule has 8 heteroatoms. The molecule has 75 heavy (non-hydrogen) atoms. The normalized spacial score (nSPS) is 13.3. The molecule has 1 aliphatic carbocycles. The molecule has 382 valence electrons. The van der Waals surface area contributed by atoms with Crippen molar-refractivity contribution in [1.82, 2.24) is 10.2 Å². The van der Waals surface area contributed by atoms with E-state index in [1.54, 1.807) is 0 Å². The van der Waals surface area contributed by atoms with Crippen LogP contribution in [0.25, 0.3) is 11.1 Å². The molecule has 0 saturated carbocycles. The second-order valence-corrected chi connectivity index (χ2v) is 23.1. The summed E-state index contributed by atoms with van der Waals surface area (Å²) in [5.74, 6) is 0.765. The first-order valence-corrected chi connectivity index (χ1v) is 28.1. The van der Waals surface area contributed by atoms with Crippen LogP contribution < -0.4 is 5.32 Å². The van der Waals surface area contributed by atoms with Crippen LogP contribution in [0.3, 0.4) is 0 Å². The molecule has 0 unspecified atom stereocenters. The molecule has 9 rings (SSSR count). The number of aryl methyl sites for hydroxylation is 2. The molecule has 2 atom stereocenters. The third kappa shape index (κ3) is 11.8. The van der Waals surface area contributed by atoms with E-state index in [-0.39, 0.29) is 18.4 Å². The summed E-state index contributed by atoms with van der Waals surface area (Å²) >= 11 is 3.64. The van der Waals surface area contributed by atoms with Crippen molar-refractivity contribution in [2.45, 2.75) is 74.7 Å². The zero-order valence-electron chi connectivity index (χ0n) is 43.9. The monoisotopic (exact) mass is 1030 g/mol. The minimum atomic E-state index is -1.06. The van der Waals surface area contributed by atoms with Gasteiger partial charge >= 0.3 is 6.09 Å². The first-order valence-electron chi connectivity index (χ1n) is 26.1. The van der Waals surface area contributed by atoms with Crippen molar-refractivity contribution >= 4 is 35.5 Å². The molecule has 0 saturated heterocycles. The van der Waals surface area contributed by atoms with Crippen LogP contribution in [0, 0.1) is 13.8 Å². The first kappa shape index (κ1) is 53.0. The second-order valence-electron chi connectivity index (χ2n) is 20.5. The van der Waals surface area contributed by atoms with E-state index in [2.05, 4.69) is 213 Å². The van der Waals surface area contributed by atoms with Gasteiger partial charge in [0.1, 0.15) is 12.6 Å². The van der Waals surface area contributed by atoms with Crippen LogP contribution in [0.4, 0.5) is 4.79 Å². The zero-order chi connectivity index (χ0) is 52.4. The number of ether oxygens (including phenoxy) is 2. The number of carbonyl (C=O) groups is 2. The van der Waals surface area contributed by atoms with Gasteiger partial charge in [0.05, 0.1) is 21.2 Å². The number of rotatable bonds is 20. The highest BCUT2D eigenvalue weighted by atomic mass is 32.2. The van der Waals surface area contributed by atoms with Gasteiger partial charge in [-0.3, -0.25) is 4.79 Å². The molecule has 2 amide bonds. The number of nitrogens with one attached hydrogen (secondary N) is 1. The Hall–Kier alpha value is -6.84. The highest BCUT2D eigenvalue weighted by Gasteiger charge is 2.41. The largest absolute Gasteiger partial charge is 0.449 e. The summed E-state index contributed by atoms with van der Waals surface area (Å²) in [5.41, 5.74) is 13.2. The number of benzene rings is 8. The number of thioether (sulfide) groups is 2. The van der Waals surface area contributed by atoms with Crippen LogP contribution in [-0.2, 0) is 23.8 Å². The molecule has 8 aromatic carbocycles. The summed E-state index contributed by atoms with van der Waals surface area (Å²) in [7, 11) is 0. The van der Waals surface area contributed by atoms with Gasteiger partial charge in [-0.25, -0.2) is 4.79 Å². The van der Waals surface area contributed by atoms with Crippen molar-refractivity contribution in [3.63, 3.8) is 0 Å². The van der Waals surface area contributed by atoms with Crippen LogP contribution in [0.15, 0.2) is 218 Å². The number of hydrogen-bond donors (Lipinski definition) is 1. The minimum absolute atomic E-state index is 0.117. The van der Waals surface area contributed by atoms with E-state index >= 15 is 4.79 Å². The molecule has 8 aromatic rings. The average molecular weight is 1030 g/mol. The lowest BCUT2D eigenvalue weighted by atomic mass is 9.84. The van der Waals surface area contributed by atoms with Gasteiger partial charge in [-0.1, -0.05) is 230 Å². The van der Waals surface area contributed by atoms with Crippen LogP contribution in [0.2, 0.25) is 0 Å². The third-order valence-electron chi connectivity index (χ3n) is 14.2. The Bertz CT molecular complexity index is 2860. The molecule has 1 N–H and O–H groups in total. The van der Waals surface area contributed by atoms with E-state index in [1.165, 1.54) is 11.1 Å². The first-order chi connectivity index (χ1) is 36.4. The Morgan fingerprint density at radius 3 is 1.23 bits per heavy atom. The molecular formula is C67H68N2O4S2. The van der Waals surface area contributed by atoms with E-state index < -0.39 is 33.3 Å². The fraction of sp³-hybridized carbons (Fsp3) is 0.254. The fourth-order valence-corrected chi connectivity index (χ4v) is 13.7. The Morgan fingerprint density at radius 1 is 0.507 bits per heavy atom. The highest BCUT2D eigenvalue weighted by molar-refractivity contribution is 8.00. The third-order valence-corrected chi connectivity index (χ3v) is 17.3. The Balaban J connectivity index is 1.07. The van der Waals surface area contributed by atoms with E-state index in [1.807, 2.05) is 80.4 Å². The van der Waals surface area contributed by atoms with Gasteiger partial charge in [-0.15, -0.1) is 23.5 Å². The van der Waals surface area contributed by atoms with Gasteiger partial charge in [-0.05, 0) is 97.2 Å². The zero-order valence-corrected chi connectivity index (χ0v) is 45.6. The number of alkyl carbamates (subject to hydrolysis) is 1. The molecule has 6 nitrogen and oxygen atoms in total. The molecule has 0 spiro atoms. The highest BCUT2D eigenvalue weighted by Crippen LogP contribution is 2.50. The number of fused-ring (bicyclic) bond motifs is 3. The van der Waals surface area contributed by atoms with Crippen LogP contribution in [0.1, 0.15) is 89.2 Å². The maximum atomic E-state index is 15.9. The number of hydrogen-bond acceptors (Lipinski definition) is 6. The standard InChI is InChI=1S/C67H68N2O4S2/c1-48-35-39-55(40-36-48)66(51-23-11-7-12-24-51,52-25-13-8-14-26-52)74-45-43-69(44-46-75-67(53-27-15-9-16-28-53,54-29-17-10-18-30-54)56-41-37-49(2)38-42-56)63(70)62(50(3)73-65(4,5)6)68-64(71)72-47-61-59-33-21-19-31-57(59)58-32-20-22-34-60(58)61/h7-42,50,61-62H,43-47H2,1-6H3,(H,68,71)/t50-,62+/m1/s1. The maximum absolute atomic E-state index is 15.9. The van der Waals surface area contributed by atoms with Gasteiger partial charge in [0.25, 0.3) is 0 Å². The fourth-order valence-electron chi connectivity index (χ4n) is 10.7. The molecule has 1 aliphatic rings. The molecule has 0 fully saturated rings. The summed E-state index contributed by atoms with van der Waals surface area (Å²) in [6.45, 7) is 12.9. The summed E-state index contributed by atoms with van der Waals surface area (Å²) < 4.78 is 11.5. The molecule has 0 radical (unpaired) electrons. The van der Waals surface area contributed by atoms with Gasteiger partial charge in [0, 0.05) is 30.5 Å². The molecule has 0 aliphatic heterocycles. The predicted molar refractivity (Wildman–Crippen MR) is 312 cm³/mol. The quantitative estimate of drug-likeness (QED) is 0.0767. The van der Waals surface area contributed by atoms with Crippen molar-refractivity contribution in [2.24, 2.45) is 0 Å². The lowest BCUT2D eigenvalue weighted by molar-refractivity contribution is -0.140. The van der Waals surface area contributed by atoms with Gasteiger partial charge < -0.3 is 19.7 Å². The molecular weight excluding hydrogens is 961 g/mol. The lowest BCUT2D eigenvalue weighted by Crippen LogP contribution is -2.56. The lowest BCUT2D eigenvalue weighted by Gasteiger charge is -2.38. The molecule has 0 heterocycles. The summed E-state index contributed by atoms with van der Waals surface area (Å²) in [6.07, 6.45) is -1.37. The predicted octanol–water partition coefficient (Wildman–Crippen LogP) is 15.0. The van der Waals surface area contributed by atoms with Gasteiger partial charge in [-0.2, -0.15) is 0 Å². The van der Waals surface area contributed by atoms with Crippen LogP contribution in [-0.4, -0.2) is 65.8 Å². The average Bonchev–Trinajstić information content (AvgIpc) is 3.76. The van der Waals surface area contributed by atoms with Gasteiger partial charge in [0.2, 0.25) is 5.91 Å². The number of nitrogens with zero attached hydrogens (tertiary/aromatic N) is 1. The Kier molecular flexibility index (Phi) is 16.8. The maximum Gasteiger partial charge on any atom is 0.407 e. The summed E-state index contributed by atoms with van der Waals surface area (Å²) in [4.78, 5) is 32.1. The van der Waals surface area contributed by atoms with Crippen LogP contribution >= 0.6 is 23.5 Å². The summed E-state index contributed by atoms with van der Waals surface area (Å²) in [5, 5.41) is 3.08. The molecule has 0 bridgehead atoms. The van der Waals surface area contributed by atoms with E-state index in [0.29, 0.717) is 24.6 Å². The van der Waals surface area contributed by atoms with Crippen molar-refractivity contribution in [2.75, 3.05) is 31.2 Å². The van der Waals surface area contributed by atoms with E-state index in [9.17, 15) is 4.79 Å². The van der Waals surface area contributed by atoms with Crippen LogP contribution in [0.5, 0.6) is 0 Å². The van der Waals surface area contributed by atoms with Crippen molar-refractivity contribution in [1.29, 1.82) is 0 Å².